The minimum absolute atomic E-state index is 0.152. The zero-order valence-corrected chi connectivity index (χ0v) is 17.4. The summed E-state index contributed by atoms with van der Waals surface area (Å²) in [5.41, 5.74) is 3.76. The first-order valence-corrected chi connectivity index (χ1v) is 10.4. The van der Waals surface area contributed by atoms with Crippen molar-refractivity contribution in [1.29, 1.82) is 0 Å². The summed E-state index contributed by atoms with van der Waals surface area (Å²) >= 11 is 13.6. The summed E-state index contributed by atoms with van der Waals surface area (Å²) in [6.07, 6.45) is 0. The highest BCUT2D eigenvalue weighted by molar-refractivity contribution is 7.14. The molecule has 0 aliphatic carbocycles. The van der Waals surface area contributed by atoms with Crippen molar-refractivity contribution in [3.63, 3.8) is 0 Å². The van der Waals surface area contributed by atoms with Gasteiger partial charge < -0.3 is 10.6 Å². The quantitative estimate of drug-likeness (QED) is 0.348. The summed E-state index contributed by atoms with van der Waals surface area (Å²) in [5.74, 6) is -0.152. The lowest BCUT2D eigenvalue weighted by atomic mass is 10.1. The lowest BCUT2D eigenvalue weighted by Gasteiger charge is -2.07. The lowest BCUT2D eigenvalue weighted by molar-refractivity contribution is 0.102. The van der Waals surface area contributed by atoms with Crippen molar-refractivity contribution in [3.8, 4) is 11.3 Å². The van der Waals surface area contributed by atoms with Gasteiger partial charge in [-0.2, -0.15) is 0 Å². The van der Waals surface area contributed by atoms with Crippen molar-refractivity contribution in [2.45, 2.75) is 0 Å². The molecule has 7 heteroatoms. The summed E-state index contributed by atoms with van der Waals surface area (Å²) in [5, 5.41) is 9.89. The Kier molecular flexibility index (Phi) is 5.81. The Morgan fingerprint density at radius 2 is 1.76 bits per heavy atom. The molecule has 1 aromatic heterocycles. The van der Waals surface area contributed by atoms with Gasteiger partial charge in [-0.3, -0.25) is 4.79 Å². The number of aromatic nitrogens is 1. The lowest BCUT2D eigenvalue weighted by Crippen LogP contribution is -2.11. The molecule has 1 heterocycles. The summed E-state index contributed by atoms with van der Waals surface area (Å²) < 4.78 is 0. The van der Waals surface area contributed by atoms with E-state index in [2.05, 4.69) is 15.6 Å². The number of halogens is 2. The van der Waals surface area contributed by atoms with Crippen LogP contribution in [0.2, 0.25) is 10.0 Å². The van der Waals surface area contributed by atoms with Crippen LogP contribution in [0.15, 0.2) is 78.2 Å². The van der Waals surface area contributed by atoms with Gasteiger partial charge in [0.1, 0.15) is 0 Å². The second-order valence-electron chi connectivity index (χ2n) is 6.19. The third-order valence-corrected chi connectivity index (χ3v) is 5.43. The average molecular weight is 440 g/mol. The highest BCUT2D eigenvalue weighted by Crippen LogP contribution is 2.32. The van der Waals surface area contributed by atoms with Crippen LogP contribution in [0.3, 0.4) is 0 Å². The van der Waals surface area contributed by atoms with Crippen molar-refractivity contribution in [2.24, 2.45) is 0 Å². The standard InChI is InChI=1S/C22H15Cl2N3OS/c23-16-9-10-19(18(24)12-16)26-22-27-20(13-29-22)15-7-4-8-17(11-15)25-21(28)14-5-2-1-3-6-14/h1-13H,(H,25,28)(H,26,27). The van der Waals surface area contributed by atoms with Gasteiger partial charge in [-0.25, -0.2) is 4.98 Å². The molecule has 3 aromatic carbocycles. The SMILES string of the molecule is O=C(Nc1cccc(-c2csc(Nc3ccc(Cl)cc3Cl)n2)c1)c1ccccc1. The second kappa shape index (κ2) is 8.66. The van der Waals surface area contributed by atoms with E-state index in [-0.39, 0.29) is 5.91 Å². The number of nitrogens with zero attached hydrogens (tertiary/aromatic N) is 1. The number of anilines is 3. The molecule has 2 N–H and O–H groups in total. The highest BCUT2D eigenvalue weighted by atomic mass is 35.5. The van der Waals surface area contributed by atoms with Gasteiger partial charge in [0.05, 0.1) is 16.4 Å². The molecule has 0 atom stereocenters. The number of rotatable bonds is 5. The number of hydrogen-bond donors (Lipinski definition) is 2. The molecule has 4 nitrogen and oxygen atoms in total. The molecule has 1 amide bonds. The van der Waals surface area contributed by atoms with Crippen molar-refractivity contribution >= 4 is 57.0 Å². The summed E-state index contributed by atoms with van der Waals surface area (Å²) in [6, 6.07) is 21.9. The topological polar surface area (TPSA) is 54.0 Å². The number of thiazole rings is 1. The number of hydrogen-bond acceptors (Lipinski definition) is 4. The fourth-order valence-corrected chi connectivity index (χ4v) is 3.91. The maximum Gasteiger partial charge on any atom is 0.255 e. The van der Waals surface area contributed by atoms with Crippen LogP contribution < -0.4 is 10.6 Å². The zero-order chi connectivity index (χ0) is 20.2. The van der Waals surface area contributed by atoms with E-state index in [1.54, 1.807) is 24.3 Å². The maximum absolute atomic E-state index is 12.4. The van der Waals surface area contributed by atoms with Crippen molar-refractivity contribution in [3.05, 3.63) is 93.8 Å². The molecule has 0 saturated heterocycles. The van der Waals surface area contributed by atoms with Gasteiger partial charge in [0.2, 0.25) is 0 Å². The van der Waals surface area contributed by atoms with Gasteiger partial charge in [-0.15, -0.1) is 11.3 Å². The average Bonchev–Trinajstić information content (AvgIpc) is 3.20. The Bertz CT molecular complexity index is 1160. The first-order chi connectivity index (χ1) is 14.1. The van der Waals surface area contributed by atoms with Crippen LogP contribution in [0.25, 0.3) is 11.3 Å². The normalized spacial score (nSPS) is 10.6. The van der Waals surface area contributed by atoms with Crippen molar-refractivity contribution < 1.29 is 4.79 Å². The molecule has 144 valence electrons. The molecule has 4 rings (SSSR count). The van der Waals surface area contributed by atoms with E-state index < -0.39 is 0 Å². The largest absolute Gasteiger partial charge is 0.330 e. The smallest absolute Gasteiger partial charge is 0.255 e. The van der Waals surface area contributed by atoms with Crippen LogP contribution >= 0.6 is 34.5 Å². The van der Waals surface area contributed by atoms with Crippen molar-refractivity contribution in [1.82, 2.24) is 4.98 Å². The van der Waals surface area contributed by atoms with Crippen molar-refractivity contribution in [2.75, 3.05) is 10.6 Å². The molecule has 0 fully saturated rings. The summed E-state index contributed by atoms with van der Waals surface area (Å²) in [6.45, 7) is 0. The minimum atomic E-state index is -0.152. The molecule has 0 aliphatic heterocycles. The van der Waals surface area contributed by atoms with E-state index in [0.717, 1.165) is 16.9 Å². The number of nitrogens with one attached hydrogen (secondary N) is 2. The Labute approximate surface area is 182 Å². The van der Waals surface area contributed by atoms with Gasteiger partial charge in [0.15, 0.2) is 5.13 Å². The molecule has 0 bridgehead atoms. The van der Waals surface area contributed by atoms with E-state index in [1.165, 1.54) is 11.3 Å². The second-order valence-corrected chi connectivity index (χ2v) is 7.89. The minimum Gasteiger partial charge on any atom is -0.330 e. The fourth-order valence-electron chi connectivity index (χ4n) is 2.72. The Morgan fingerprint density at radius 1 is 0.931 bits per heavy atom. The van der Waals surface area contributed by atoms with E-state index in [4.69, 9.17) is 23.2 Å². The van der Waals surface area contributed by atoms with Gasteiger partial charge in [-0.1, -0.05) is 53.5 Å². The Morgan fingerprint density at radius 3 is 2.55 bits per heavy atom. The zero-order valence-electron chi connectivity index (χ0n) is 15.0. The molecule has 0 saturated carbocycles. The number of benzene rings is 3. The van der Waals surface area contributed by atoms with Crippen LogP contribution in [0, 0.1) is 0 Å². The summed E-state index contributed by atoms with van der Waals surface area (Å²) in [4.78, 5) is 17.0. The molecular formula is C22H15Cl2N3OS. The molecular weight excluding hydrogens is 425 g/mol. The maximum atomic E-state index is 12.4. The van der Waals surface area contributed by atoms with Gasteiger partial charge >= 0.3 is 0 Å². The van der Waals surface area contributed by atoms with Crippen LogP contribution in [-0.2, 0) is 0 Å². The van der Waals surface area contributed by atoms with Crippen LogP contribution in [-0.4, -0.2) is 10.9 Å². The third-order valence-electron chi connectivity index (χ3n) is 4.13. The fraction of sp³-hybridized carbons (Fsp3) is 0. The van der Waals surface area contributed by atoms with Crippen LogP contribution in [0.5, 0.6) is 0 Å². The van der Waals surface area contributed by atoms with Crippen LogP contribution in [0.1, 0.15) is 10.4 Å². The van der Waals surface area contributed by atoms with Gasteiger partial charge in [-0.05, 0) is 42.5 Å². The number of carbonyl (C=O) groups excluding carboxylic acids is 1. The van der Waals surface area contributed by atoms with Gasteiger partial charge in [0.25, 0.3) is 5.91 Å². The summed E-state index contributed by atoms with van der Waals surface area (Å²) in [7, 11) is 0. The molecule has 0 unspecified atom stereocenters. The van der Waals surface area contributed by atoms with E-state index in [0.29, 0.717) is 26.4 Å². The van der Waals surface area contributed by atoms with E-state index in [1.807, 2.05) is 53.9 Å². The molecule has 0 aliphatic rings. The molecule has 4 aromatic rings. The first kappa shape index (κ1) is 19.5. The predicted molar refractivity (Wildman–Crippen MR) is 122 cm³/mol. The van der Waals surface area contributed by atoms with E-state index >= 15 is 0 Å². The molecule has 0 radical (unpaired) electrons. The molecule has 0 spiro atoms. The Hall–Kier alpha value is -2.86. The number of amides is 1. The predicted octanol–water partition coefficient (Wildman–Crippen LogP) is 7.11. The number of carbonyl (C=O) groups is 1. The Balaban J connectivity index is 1.51. The third kappa shape index (κ3) is 4.77. The van der Waals surface area contributed by atoms with E-state index in [9.17, 15) is 4.79 Å². The first-order valence-electron chi connectivity index (χ1n) is 8.73. The monoisotopic (exact) mass is 439 g/mol. The van der Waals surface area contributed by atoms with Gasteiger partial charge in [0, 0.05) is 27.2 Å². The molecule has 29 heavy (non-hydrogen) atoms. The highest BCUT2D eigenvalue weighted by Gasteiger charge is 2.10. The van der Waals surface area contributed by atoms with Crippen LogP contribution in [0.4, 0.5) is 16.5 Å².